The van der Waals surface area contributed by atoms with Crippen LogP contribution in [0.3, 0.4) is 0 Å². The fourth-order valence-electron chi connectivity index (χ4n) is 4.94. The van der Waals surface area contributed by atoms with Gasteiger partial charge in [-0.15, -0.1) is 24.0 Å². The van der Waals surface area contributed by atoms with Gasteiger partial charge in [-0.25, -0.2) is 0 Å². The van der Waals surface area contributed by atoms with E-state index in [1.54, 1.807) is 0 Å². The molecule has 0 saturated heterocycles. The third kappa shape index (κ3) is 34.9. The van der Waals surface area contributed by atoms with Crippen molar-refractivity contribution in [2.45, 2.75) is 90.1 Å². The number of likely N-dealkylation sites (N-methyl/N-ethyl adjacent to an activating group) is 1. The second kappa shape index (κ2) is 43.2. The van der Waals surface area contributed by atoms with Crippen molar-refractivity contribution in [3.05, 3.63) is 71.8 Å². The fraction of sp³-hybridized carbons (Fsp3) is 0.588. The quantitative estimate of drug-likeness (QED) is 0.0794. The van der Waals surface area contributed by atoms with E-state index in [0.717, 1.165) is 57.9 Å². The van der Waals surface area contributed by atoms with Gasteiger partial charge in [0, 0.05) is 12.8 Å². The Balaban J connectivity index is -0.000000155. The molecule has 6 nitrogen and oxygen atoms in total. The number of benzene rings is 2. The SMILES string of the molecule is CNCCCC[C@H](NC)C(=O)C[C@@H](C)Cc1ccccc1.C[C@H](CC(=O)[C@@H](N)CCCCN)Cc1ccccc1.I.S.S.S.S.[I][V][I]. The molecule has 283 valence electrons. The number of nitrogens with two attached hydrogens (primary N) is 2. The van der Waals surface area contributed by atoms with Crippen molar-refractivity contribution in [2.75, 3.05) is 27.2 Å². The number of hydrogen-bond donors (Lipinski definition) is 4. The van der Waals surface area contributed by atoms with Gasteiger partial charge in [0.2, 0.25) is 0 Å². The normalized spacial score (nSPS) is 11.9. The minimum absolute atomic E-state index is 0. The van der Waals surface area contributed by atoms with Crippen molar-refractivity contribution < 1.29 is 19.1 Å². The summed E-state index contributed by atoms with van der Waals surface area (Å²) in [5.41, 5.74) is 13.9. The Kier molecular flexibility index (Phi) is 55.6. The van der Waals surface area contributed by atoms with E-state index >= 15 is 0 Å². The monoisotopic (exact) mass is 1120 g/mol. The van der Waals surface area contributed by atoms with Gasteiger partial charge in [-0.1, -0.05) is 87.4 Å². The van der Waals surface area contributed by atoms with E-state index in [-0.39, 0.29) is 95.8 Å². The molecule has 6 N–H and O–H groups in total. The fourth-order valence-corrected chi connectivity index (χ4v) is 4.94. The minimum atomic E-state index is -0.315. The van der Waals surface area contributed by atoms with Crippen LogP contribution in [0.25, 0.3) is 0 Å². The molecule has 0 saturated carbocycles. The van der Waals surface area contributed by atoms with Crippen LogP contribution in [-0.4, -0.2) is 50.8 Å². The molecule has 0 fully saturated rings. The Bertz CT molecular complexity index is 964. The Morgan fingerprint density at radius 1 is 0.729 bits per heavy atom. The van der Waals surface area contributed by atoms with Crippen LogP contribution in [0.5, 0.6) is 0 Å². The molecule has 14 heteroatoms. The van der Waals surface area contributed by atoms with Crippen LogP contribution in [0.15, 0.2) is 60.7 Å². The van der Waals surface area contributed by atoms with Gasteiger partial charge in [0.25, 0.3) is 0 Å². The van der Waals surface area contributed by atoms with Gasteiger partial charge < -0.3 is 22.1 Å². The van der Waals surface area contributed by atoms with E-state index in [2.05, 4.69) is 101 Å². The summed E-state index contributed by atoms with van der Waals surface area (Å²) in [5.74, 6) is 1.27. The maximum absolute atomic E-state index is 12.4. The summed E-state index contributed by atoms with van der Waals surface area (Å²) in [6.07, 6.45) is 8.93. The van der Waals surface area contributed by atoms with E-state index < -0.39 is 0 Å². The Morgan fingerprint density at radius 2 is 1.15 bits per heavy atom. The van der Waals surface area contributed by atoms with Crippen molar-refractivity contribution in [2.24, 2.45) is 23.3 Å². The zero-order chi connectivity index (χ0) is 32.3. The third-order valence-corrected chi connectivity index (χ3v) is 7.24. The average Bonchev–Trinajstić information content (AvgIpc) is 2.99. The summed E-state index contributed by atoms with van der Waals surface area (Å²) < 4.78 is 0. The van der Waals surface area contributed by atoms with Crippen LogP contribution in [-0.2, 0) is 31.9 Å². The van der Waals surface area contributed by atoms with E-state index in [1.165, 1.54) is 11.1 Å². The van der Waals surface area contributed by atoms with Gasteiger partial charge in [0.15, 0.2) is 0 Å². The molecule has 48 heavy (non-hydrogen) atoms. The molecule has 0 spiro atoms. The van der Waals surface area contributed by atoms with E-state index in [1.807, 2.05) is 38.4 Å². The van der Waals surface area contributed by atoms with E-state index in [4.69, 9.17) is 11.5 Å². The molecule has 0 aromatic heterocycles. The van der Waals surface area contributed by atoms with Gasteiger partial charge >= 0.3 is 49.4 Å². The molecule has 4 atom stereocenters. The zero-order valence-corrected chi connectivity index (χ0v) is 41.2. The number of unbranched alkanes of at least 4 members (excludes halogenated alkanes) is 2. The van der Waals surface area contributed by atoms with Crippen molar-refractivity contribution in [1.82, 2.24) is 10.6 Å². The Labute approximate surface area is 367 Å². The van der Waals surface area contributed by atoms with Gasteiger partial charge in [-0.3, -0.25) is 9.59 Å². The maximum atomic E-state index is 12.4. The third-order valence-electron chi connectivity index (χ3n) is 7.24. The van der Waals surface area contributed by atoms with Crippen LogP contribution < -0.4 is 22.1 Å². The van der Waals surface area contributed by atoms with Gasteiger partial charge in [0.05, 0.1) is 12.1 Å². The van der Waals surface area contributed by atoms with Crippen LogP contribution in [0.1, 0.15) is 76.3 Å². The van der Waals surface area contributed by atoms with Crippen molar-refractivity contribution in [1.29, 1.82) is 0 Å². The molecule has 0 aliphatic rings. The predicted molar refractivity (Wildman–Crippen MR) is 254 cm³/mol. The number of carbonyl (C=O) groups excluding carboxylic acids is 2. The summed E-state index contributed by atoms with van der Waals surface area (Å²) in [6.45, 7) is 5.97. The molecule has 0 bridgehead atoms. The molecule has 0 aliphatic heterocycles. The number of Topliss-reactive ketones (excluding diaryl/α,β-unsaturated/α-hetero) is 2. The molecule has 0 unspecified atom stereocenters. The number of carbonyl (C=O) groups is 2. The molecule has 0 radical (unpaired) electrons. The first-order valence-corrected chi connectivity index (χ1v) is 24.6. The average molecular weight is 1120 g/mol. The number of hydrogen-bond acceptors (Lipinski definition) is 6. The Hall–Kier alpha value is 1.79. The molecule has 2 rings (SSSR count). The van der Waals surface area contributed by atoms with Gasteiger partial charge in [-0.2, -0.15) is 54.0 Å². The van der Waals surface area contributed by atoms with E-state index in [9.17, 15) is 9.59 Å². The number of halogens is 3. The summed E-state index contributed by atoms with van der Waals surface area (Å²) in [6, 6.07) is 20.4. The second-order valence-electron chi connectivity index (χ2n) is 11.3. The summed E-state index contributed by atoms with van der Waals surface area (Å²) in [5, 5.41) is 6.32. The van der Waals surface area contributed by atoms with Crippen LogP contribution in [0, 0.1) is 11.8 Å². The molecule has 2 aromatic carbocycles. The van der Waals surface area contributed by atoms with Gasteiger partial charge in [-0.05, 0) is 88.7 Å². The van der Waals surface area contributed by atoms with Gasteiger partial charge in [0.1, 0.15) is 11.6 Å². The van der Waals surface area contributed by atoms with Crippen molar-refractivity contribution in [3.8, 4) is 0 Å². The van der Waals surface area contributed by atoms with Crippen LogP contribution in [0.2, 0.25) is 0 Å². The summed E-state index contributed by atoms with van der Waals surface area (Å²) >= 11 is 4.74. The first kappa shape index (κ1) is 61.8. The van der Waals surface area contributed by atoms with Crippen molar-refractivity contribution >= 4 is 129 Å². The molecule has 0 aliphatic carbocycles. The van der Waals surface area contributed by atoms with E-state index in [0.29, 0.717) is 46.5 Å². The predicted octanol–water partition coefficient (Wildman–Crippen LogP) is 7.92. The topological polar surface area (TPSA) is 110 Å². The Morgan fingerprint density at radius 3 is 1.54 bits per heavy atom. The number of rotatable bonds is 20. The van der Waals surface area contributed by atoms with Crippen LogP contribution in [0.4, 0.5) is 0 Å². The first-order chi connectivity index (χ1) is 20.7. The molecule has 0 amide bonds. The first-order valence-electron chi connectivity index (χ1n) is 15.5. The van der Waals surface area contributed by atoms with Crippen molar-refractivity contribution in [3.63, 3.8) is 0 Å². The second-order valence-corrected chi connectivity index (χ2v) is 23.1. The number of ketones is 2. The standard InChI is InChI=1S/C18H30N2O.C16H26N2O.3HI.4H2S.V/c1-15(13-16-9-5-4-6-10-16)14-18(21)17(20-3)11-7-8-12-19-2;1-13(11-14-7-3-2-4-8-14)12-16(19)15(18)9-5-6-10-17;;;;;;;;/h4-6,9-10,15,17,19-20H,7-8,11-14H2,1-3H3;2-4,7-8,13,15H,5-6,9-12,17-18H2,1H3;3*1H;4*1H2;/q;;;;;;;;;+2/p-2/t15-,17-;13-,15-;;;;;;;;/m00......../s1. The molecular formula is C34H65I3N4O2S4V. The summed E-state index contributed by atoms with van der Waals surface area (Å²) in [4.78, 5) is 24.3. The summed E-state index contributed by atoms with van der Waals surface area (Å²) in [7, 11) is 4.48. The molecular weight excluding hydrogens is 1060 g/mol. The molecule has 0 heterocycles. The van der Waals surface area contributed by atoms with Crippen LogP contribution >= 0.6 is 118 Å². The molecule has 2 aromatic rings. The number of nitrogens with one attached hydrogen (secondary N) is 2. The zero-order valence-electron chi connectivity index (χ0n) is 29.2.